The van der Waals surface area contributed by atoms with E-state index in [9.17, 15) is 18.0 Å². The number of alkyl halides is 3. The van der Waals surface area contributed by atoms with Crippen LogP contribution in [0.15, 0.2) is 42.6 Å². The third-order valence-electron chi connectivity index (χ3n) is 4.36. The number of carboxylic acid groups (broad SMARTS) is 1. The van der Waals surface area contributed by atoms with Gasteiger partial charge in [-0.25, -0.2) is 4.98 Å². The van der Waals surface area contributed by atoms with E-state index in [1.807, 2.05) is 6.07 Å². The summed E-state index contributed by atoms with van der Waals surface area (Å²) in [6.45, 7) is 0. The molecule has 154 valence electrons. The lowest BCUT2D eigenvalue weighted by Gasteiger charge is -2.21. The number of nitrogens with zero attached hydrogens (tertiary/aromatic N) is 2. The highest BCUT2D eigenvalue weighted by Gasteiger charge is 2.40. The molecule has 0 spiro atoms. The summed E-state index contributed by atoms with van der Waals surface area (Å²) >= 11 is 1.26. The van der Waals surface area contributed by atoms with E-state index < -0.39 is 24.1 Å². The van der Waals surface area contributed by atoms with E-state index in [1.54, 1.807) is 24.3 Å². The Labute approximate surface area is 170 Å². The van der Waals surface area contributed by atoms with Gasteiger partial charge < -0.3 is 10.8 Å². The summed E-state index contributed by atoms with van der Waals surface area (Å²) in [6, 6.07) is 10.3. The number of benzene rings is 1. The molecule has 0 radical (unpaired) electrons. The van der Waals surface area contributed by atoms with Gasteiger partial charge in [-0.05, 0) is 47.6 Å². The Kier molecular flexibility index (Phi) is 8.05. The molecule has 1 aromatic carbocycles. The number of nitrogens with two attached hydrogens (primary N) is 1. The second kappa shape index (κ2) is 10.3. The minimum atomic E-state index is -4.38. The first-order valence-corrected chi connectivity index (χ1v) is 9.97. The maximum atomic E-state index is 13.5. The molecule has 2 unspecified atom stereocenters. The molecule has 2 aromatic rings. The molecule has 0 aliphatic carbocycles. The number of aromatic nitrogens is 1. The van der Waals surface area contributed by atoms with Gasteiger partial charge in [0.05, 0.1) is 5.92 Å². The van der Waals surface area contributed by atoms with Gasteiger partial charge in [-0.15, -0.1) is 0 Å². The van der Waals surface area contributed by atoms with Crippen LogP contribution in [-0.2, 0) is 4.79 Å². The summed E-state index contributed by atoms with van der Waals surface area (Å²) in [6.07, 6.45) is -2.76. The highest BCUT2D eigenvalue weighted by atomic mass is 32.2. The molecule has 0 bridgehead atoms. The molecule has 0 fully saturated rings. The van der Waals surface area contributed by atoms with E-state index in [4.69, 9.17) is 16.1 Å². The minimum Gasteiger partial charge on any atom is -0.480 e. The molecule has 2 atom stereocenters. The largest absolute Gasteiger partial charge is 0.480 e. The fraction of sp³-hybridized carbons (Fsp3) is 0.350. The number of carboxylic acids is 1. The first-order valence-electron chi connectivity index (χ1n) is 8.81. The van der Waals surface area contributed by atoms with E-state index in [1.165, 1.54) is 30.1 Å². The maximum Gasteiger partial charge on any atom is 0.395 e. The molecule has 3 N–H and O–H groups in total. The third-order valence-corrected chi connectivity index (χ3v) is 5.41. The number of halogens is 3. The van der Waals surface area contributed by atoms with Crippen LogP contribution in [0.5, 0.6) is 0 Å². The van der Waals surface area contributed by atoms with E-state index in [0.29, 0.717) is 16.9 Å². The van der Waals surface area contributed by atoms with Crippen molar-refractivity contribution in [1.82, 2.24) is 4.98 Å². The summed E-state index contributed by atoms with van der Waals surface area (Å²) < 4.78 is 40.5. The zero-order valence-electron chi connectivity index (χ0n) is 15.4. The Morgan fingerprint density at radius 1 is 1.14 bits per heavy atom. The lowest BCUT2D eigenvalue weighted by molar-refractivity contribution is -0.150. The van der Waals surface area contributed by atoms with Crippen molar-refractivity contribution in [2.24, 2.45) is 5.73 Å². The third kappa shape index (κ3) is 6.76. The van der Waals surface area contributed by atoms with E-state index in [2.05, 4.69) is 4.98 Å². The van der Waals surface area contributed by atoms with Crippen LogP contribution in [-0.4, -0.2) is 39.8 Å². The number of hydrogen-bond acceptors (Lipinski definition) is 5. The second-order valence-electron chi connectivity index (χ2n) is 6.39. The second-order valence-corrected chi connectivity index (χ2v) is 7.62. The maximum absolute atomic E-state index is 13.5. The number of aliphatic carboxylic acids is 1. The molecule has 1 heterocycles. The van der Waals surface area contributed by atoms with Crippen molar-refractivity contribution in [3.63, 3.8) is 0 Å². The lowest BCUT2D eigenvalue weighted by Crippen LogP contribution is -2.30. The predicted octanol–water partition coefficient (Wildman–Crippen LogP) is 4.19. The normalized spacial score (nSPS) is 13.5. The Hall–Kier alpha value is -2.57. The van der Waals surface area contributed by atoms with Gasteiger partial charge in [0.1, 0.15) is 17.8 Å². The predicted molar refractivity (Wildman–Crippen MR) is 105 cm³/mol. The van der Waals surface area contributed by atoms with E-state index in [0.717, 1.165) is 0 Å². The average Bonchev–Trinajstić information content (AvgIpc) is 2.69. The molecule has 5 nitrogen and oxygen atoms in total. The van der Waals surface area contributed by atoms with Crippen molar-refractivity contribution >= 4 is 17.7 Å². The molecule has 1 aromatic heterocycles. The smallest absolute Gasteiger partial charge is 0.395 e. The van der Waals surface area contributed by atoms with Crippen molar-refractivity contribution < 1.29 is 23.1 Å². The number of rotatable bonds is 9. The molecule has 2 rings (SSSR count). The van der Waals surface area contributed by atoms with Crippen molar-refractivity contribution in [2.45, 2.75) is 31.0 Å². The van der Waals surface area contributed by atoms with Gasteiger partial charge >= 0.3 is 12.1 Å². The van der Waals surface area contributed by atoms with Crippen LogP contribution in [0, 0.1) is 11.3 Å². The first-order chi connectivity index (χ1) is 13.7. The standard InChI is InChI=1S/C20H20F3N3O2S/c21-20(22,23)17(7-9-29-10-8-18(25)19(27)28)14-3-1-13(2-4-14)15-5-6-16(11-24)26-12-15/h1-6,12,17-18H,7-10,25H2,(H,27,28). The molecule has 0 saturated heterocycles. The van der Waals surface area contributed by atoms with Gasteiger partial charge in [0, 0.05) is 11.8 Å². The number of carbonyl (C=O) groups is 1. The quantitative estimate of drug-likeness (QED) is 0.587. The SMILES string of the molecule is N#Cc1ccc(-c2ccc(C(CCSCCC(N)C(=O)O)C(F)(F)F)cc2)cn1. The molecular formula is C20H20F3N3O2S. The van der Waals surface area contributed by atoms with Crippen molar-refractivity contribution in [1.29, 1.82) is 5.26 Å². The van der Waals surface area contributed by atoms with Gasteiger partial charge in [0.15, 0.2) is 0 Å². The Balaban J connectivity index is 2.01. The summed E-state index contributed by atoms with van der Waals surface area (Å²) in [5.74, 6) is -2.08. The van der Waals surface area contributed by atoms with Gasteiger partial charge in [0.2, 0.25) is 0 Å². The number of pyridine rings is 1. The van der Waals surface area contributed by atoms with Crippen molar-refractivity contribution in [3.8, 4) is 17.2 Å². The average molecular weight is 423 g/mol. The fourth-order valence-electron chi connectivity index (χ4n) is 2.69. The summed E-state index contributed by atoms with van der Waals surface area (Å²) in [4.78, 5) is 14.6. The Morgan fingerprint density at radius 3 is 2.28 bits per heavy atom. The zero-order chi connectivity index (χ0) is 21.4. The zero-order valence-corrected chi connectivity index (χ0v) is 16.2. The molecule has 0 saturated carbocycles. The number of thioether (sulfide) groups is 1. The van der Waals surface area contributed by atoms with Crippen LogP contribution in [0.4, 0.5) is 13.2 Å². The van der Waals surface area contributed by atoms with Crippen LogP contribution in [0.3, 0.4) is 0 Å². The monoisotopic (exact) mass is 423 g/mol. The van der Waals surface area contributed by atoms with Gasteiger partial charge in [0.25, 0.3) is 0 Å². The van der Waals surface area contributed by atoms with Gasteiger partial charge in [-0.2, -0.15) is 30.2 Å². The Morgan fingerprint density at radius 2 is 1.76 bits per heavy atom. The van der Waals surface area contributed by atoms with E-state index in [-0.39, 0.29) is 29.9 Å². The molecule has 0 aliphatic rings. The minimum absolute atomic E-state index is 0.103. The van der Waals surface area contributed by atoms with Crippen LogP contribution in [0.1, 0.15) is 30.0 Å². The molecule has 0 aliphatic heterocycles. The van der Waals surface area contributed by atoms with Crippen LogP contribution < -0.4 is 5.73 Å². The summed E-state index contributed by atoms with van der Waals surface area (Å²) in [7, 11) is 0. The number of hydrogen-bond donors (Lipinski definition) is 2. The summed E-state index contributed by atoms with van der Waals surface area (Å²) in [5.41, 5.74) is 7.25. The van der Waals surface area contributed by atoms with Crippen LogP contribution in [0.2, 0.25) is 0 Å². The van der Waals surface area contributed by atoms with Crippen LogP contribution in [0.25, 0.3) is 11.1 Å². The molecule has 0 amide bonds. The summed E-state index contributed by atoms with van der Waals surface area (Å²) in [5, 5.41) is 17.5. The topological polar surface area (TPSA) is 100 Å². The molecular weight excluding hydrogens is 403 g/mol. The first kappa shape index (κ1) is 22.7. The number of nitriles is 1. The van der Waals surface area contributed by atoms with Crippen molar-refractivity contribution in [3.05, 3.63) is 53.9 Å². The Bertz CT molecular complexity index is 849. The van der Waals surface area contributed by atoms with Gasteiger partial charge in [-0.1, -0.05) is 24.3 Å². The fourth-order valence-corrected chi connectivity index (χ4v) is 3.72. The lowest BCUT2D eigenvalue weighted by atomic mass is 9.94. The highest BCUT2D eigenvalue weighted by Crippen LogP contribution is 2.38. The van der Waals surface area contributed by atoms with Crippen molar-refractivity contribution in [2.75, 3.05) is 11.5 Å². The van der Waals surface area contributed by atoms with Gasteiger partial charge in [-0.3, -0.25) is 4.79 Å². The molecule has 29 heavy (non-hydrogen) atoms. The van der Waals surface area contributed by atoms with Crippen LogP contribution >= 0.6 is 11.8 Å². The molecule has 9 heteroatoms. The highest BCUT2D eigenvalue weighted by molar-refractivity contribution is 7.99. The van der Waals surface area contributed by atoms with E-state index >= 15 is 0 Å².